The van der Waals surface area contributed by atoms with Crippen molar-refractivity contribution >= 4 is 17.2 Å². The number of likely N-dealkylation sites (N-methyl/N-ethyl adjacent to an activating group) is 1. The normalized spacial score (nSPS) is 25.7. The molecular formula is C14H22N2OS. The zero-order valence-electron chi connectivity index (χ0n) is 11.1. The first-order chi connectivity index (χ1) is 8.59. The molecule has 18 heavy (non-hydrogen) atoms. The molecule has 2 N–H and O–H groups in total. The lowest BCUT2D eigenvalue weighted by atomic mass is 9.86. The number of thiophene rings is 1. The van der Waals surface area contributed by atoms with E-state index in [1.54, 1.807) is 11.3 Å². The van der Waals surface area contributed by atoms with Crippen LogP contribution in [-0.4, -0.2) is 23.9 Å². The highest BCUT2D eigenvalue weighted by Crippen LogP contribution is 2.28. The van der Waals surface area contributed by atoms with Crippen LogP contribution in [0.4, 0.5) is 0 Å². The second-order valence-corrected chi connectivity index (χ2v) is 6.34. The van der Waals surface area contributed by atoms with Crippen LogP contribution in [0.15, 0.2) is 17.5 Å². The molecule has 2 rings (SSSR count). The van der Waals surface area contributed by atoms with Gasteiger partial charge in [-0.2, -0.15) is 0 Å². The summed E-state index contributed by atoms with van der Waals surface area (Å²) in [4.78, 5) is 15.2. The number of nitrogens with two attached hydrogens (primary N) is 1. The summed E-state index contributed by atoms with van der Waals surface area (Å²) >= 11 is 1.55. The van der Waals surface area contributed by atoms with Gasteiger partial charge in [0.2, 0.25) is 5.91 Å². The molecule has 1 aliphatic rings. The van der Waals surface area contributed by atoms with Gasteiger partial charge in [-0.25, -0.2) is 0 Å². The molecule has 100 valence electrons. The van der Waals surface area contributed by atoms with Gasteiger partial charge in [0.15, 0.2) is 0 Å². The smallest absolute Gasteiger partial charge is 0.244 e. The Kier molecular flexibility index (Phi) is 4.40. The van der Waals surface area contributed by atoms with Gasteiger partial charge >= 0.3 is 0 Å². The van der Waals surface area contributed by atoms with Crippen LogP contribution < -0.4 is 5.73 Å². The van der Waals surface area contributed by atoms with Crippen molar-refractivity contribution in [2.45, 2.75) is 44.7 Å². The fourth-order valence-corrected chi connectivity index (χ4v) is 3.34. The Bertz CT molecular complexity index is 383. The molecule has 1 aromatic rings. The van der Waals surface area contributed by atoms with Crippen molar-refractivity contribution in [3.63, 3.8) is 0 Å². The zero-order chi connectivity index (χ0) is 13.1. The molecule has 0 saturated heterocycles. The van der Waals surface area contributed by atoms with Gasteiger partial charge in [0.1, 0.15) is 6.04 Å². The average Bonchev–Trinajstić information content (AvgIpc) is 2.91. The Balaban J connectivity index is 1.96. The van der Waals surface area contributed by atoms with Crippen LogP contribution in [0.2, 0.25) is 0 Å². The number of carbonyl (C=O) groups excluding carboxylic acids is 1. The second-order valence-electron chi connectivity index (χ2n) is 5.36. The molecular weight excluding hydrogens is 244 g/mol. The highest BCUT2D eigenvalue weighted by atomic mass is 32.1. The van der Waals surface area contributed by atoms with Crippen LogP contribution in [0, 0.1) is 5.92 Å². The average molecular weight is 266 g/mol. The van der Waals surface area contributed by atoms with E-state index in [0.717, 1.165) is 23.6 Å². The molecule has 1 saturated carbocycles. The molecule has 0 aliphatic heterocycles. The topological polar surface area (TPSA) is 46.3 Å². The maximum absolute atomic E-state index is 12.3. The lowest BCUT2D eigenvalue weighted by molar-refractivity contribution is -0.134. The maximum atomic E-state index is 12.3. The van der Waals surface area contributed by atoms with Crippen LogP contribution in [0.5, 0.6) is 0 Å². The number of rotatable bonds is 3. The fraction of sp³-hybridized carbons (Fsp3) is 0.643. The van der Waals surface area contributed by atoms with Crippen LogP contribution in [0.1, 0.15) is 43.5 Å². The molecule has 1 aromatic heterocycles. The summed E-state index contributed by atoms with van der Waals surface area (Å²) in [6.07, 6.45) is 4.66. The molecule has 4 heteroatoms. The molecule has 1 fully saturated rings. The first kappa shape index (κ1) is 13.6. The lowest BCUT2D eigenvalue weighted by Crippen LogP contribution is -2.43. The highest BCUT2D eigenvalue weighted by Gasteiger charge is 2.28. The number of nitrogens with zero attached hydrogens (tertiary/aromatic N) is 1. The van der Waals surface area contributed by atoms with Crippen LogP contribution in [0.25, 0.3) is 0 Å². The van der Waals surface area contributed by atoms with E-state index in [2.05, 4.69) is 6.92 Å². The first-order valence-electron chi connectivity index (χ1n) is 6.65. The molecule has 1 atom stereocenters. The van der Waals surface area contributed by atoms with E-state index in [0.29, 0.717) is 6.04 Å². The van der Waals surface area contributed by atoms with Gasteiger partial charge in [-0.1, -0.05) is 13.0 Å². The minimum Gasteiger partial charge on any atom is -0.341 e. The van der Waals surface area contributed by atoms with Crippen molar-refractivity contribution in [3.05, 3.63) is 22.4 Å². The van der Waals surface area contributed by atoms with Gasteiger partial charge in [-0.15, -0.1) is 11.3 Å². The van der Waals surface area contributed by atoms with Gasteiger partial charge in [0.05, 0.1) is 0 Å². The number of amides is 1. The van der Waals surface area contributed by atoms with E-state index in [1.807, 2.05) is 29.5 Å². The largest absolute Gasteiger partial charge is 0.341 e. The summed E-state index contributed by atoms with van der Waals surface area (Å²) in [6, 6.07) is 3.76. The van der Waals surface area contributed by atoms with E-state index >= 15 is 0 Å². The number of hydrogen-bond acceptors (Lipinski definition) is 3. The first-order valence-corrected chi connectivity index (χ1v) is 7.53. The minimum absolute atomic E-state index is 0.0528. The molecule has 3 nitrogen and oxygen atoms in total. The monoisotopic (exact) mass is 266 g/mol. The van der Waals surface area contributed by atoms with Gasteiger partial charge < -0.3 is 10.6 Å². The lowest BCUT2D eigenvalue weighted by Gasteiger charge is -2.34. The van der Waals surface area contributed by atoms with Crippen molar-refractivity contribution in [2.75, 3.05) is 7.05 Å². The number of hydrogen-bond donors (Lipinski definition) is 1. The van der Waals surface area contributed by atoms with Crippen molar-refractivity contribution in [1.82, 2.24) is 4.90 Å². The summed E-state index contributed by atoms with van der Waals surface area (Å²) in [5, 5.41) is 1.96. The van der Waals surface area contributed by atoms with Crippen LogP contribution in [-0.2, 0) is 4.79 Å². The summed E-state index contributed by atoms with van der Waals surface area (Å²) in [6.45, 7) is 2.29. The molecule has 0 bridgehead atoms. The van der Waals surface area contributed by atoms with Gasteiger partial charge in [0, 0.05) is 18.0 Å². The molecule has 0 spiro atoms. The Morgan fingerprint density at radius 1 is 1.44 bits per heavy atom. The summed E-state index contributed by atoms with van der Waals surface area (Å²) in [7, 11) is 1.90. The molecule has 1 heterocycles. The maximum Gasteiger partial charge on any atom is 0.244 e. The summed E-state index contributed by atoms with van der Waals surface area (Å²) < 4.78 is 0. The van der Waals surface area contributed by atoms with E-state index < -0.39 is 6.04 Å². The fourth-order valence-electron chi connectivity index (χ4n) is 2.62. The standard InChI is InChI=1S/C14H22N2OS/c1-10-5-7-11(8-6-10)16(2)14(17)13(15)12-4-3-9-18-12/h3-4,9-11,13H,5-8,15H2,1-2H3. The van der Waals surface area contributed by atoms with Gasteiger partial charge in [-0.3, -0.25) is 4.79 Å². The second kappa shape index (κ2) is 5.85. The van der Waals surface area contributed by atoms with E-state index in [1.165, 1.54) is 12.8 Å². The number of carbonyl (C=O) groups is 1. The van der Waals surface area contributed by atoms with E-state index in [-0.39, 0.29) is 5.91 Å². The third-order valence-corrected chi connectivity index (χ3v) is 4.95. The Hall–Kier alpha value is -0.870. The Morgan fingerprint density at radius 3 is 2.67 bits per heavy atom. The Morgan fingerprint density at radius 2 is 2.11 bits per heavy atom. The van der Waals surface area contributed by atoms with Crippen molar-refractivity contribution in [1.29, 1.82) is 0 Å². The van der Waals surface area contributed by atoms with E-state index in [4.69, 9.17) is 5.73 Å². The Labute approximate surface area is 113 Å². The SMILES string of the molecule is CC1CCC(N(C)C(=O)C(N)c2cccs2)CC1. The predicted molar refractivity (Wildman–Crippen MR) is 75.4 cm³/mol. The summed E-state index contributed by atoms with van der Waals surface area (Å²) in [5.41, 5.74) is 6.04. The van der Waals surface area contributed by atoms with Gasteiger partial charge in [0.25, 0.3) is 0 Å². The van der Waals surface area contributed by atoms with Crippen molar-refractivity contribution in [2.24, 2.45) is 11.7 Å². The van der Waals surface area contributed by atoms with Gasteiger partial charge in [-0.05, 0) is 43.0 Å². The van der Waals surface area contributed by atoms with Crippen molar-refractivity contribution in [3.8, 4) is 0 Å². The molecule has 1 unspecified atom stereocenters. The summed E-state index contributed by atoms with van der Waals surface area (Å²) in [5.74, 6) is 0.854. The predicted octanol–water partition coefficient (Wildman–Crippen LogP) is 2.79. The highest BCUT2D eigenvalue weighted by molar-refractivity contribution is 7.10. The molecule has 1 aliphatic carbocycles. The third-order valence-electron chi connectivity index (χ3n) is 4.00. The van der Waals surface area contributed by atoms with Crippen LogP contribution >= 0.6 is 11.3 Å². The molecule has 0 aromatic carbocycles. The van der Waals surface area contributed by atoms with E-state index in [9.17, 15) is 4.79 Å². The van der Waals surface area contributed by atoms with Crippen LogP contribution in [0.3, 0.4) is 0 Å². The van der Waals surface area contributed by atoms with Crippen molar-refractivity contribution < 1.29 is 4.79 Å². The molecule has 0 radical (unpaired) electrons. The molecule has 1 amide bonds. The quantitative estimate of drug-likeness (QED) is 0.914. The third kappa shape index (κ3) is 2.93. The minimum atomic E-state index is -0.491. The zero-order valence-corrected chi connectivity index (χ0v) is 12.0.